The Morgan fingerprint density at radius 2 is 1.64 bits per heavy atom. The van der Waals surface area contributed by atoms with Crippen molar-refractivity contribution in [3.05, 3.63) is 47.9 Å². The smallest absolute Gasteiger partial charge is 0.213 e. The van der Waals surface area contributed by atoms with E-state index in [2.05, 4.69) is 63.6 Å². The third kappa shape index (κ3) is 7.49. The Morgan fingerprint density at radius 1 is 0.857 bits per heavy atom. The first kappa shape index (κ1) is 22.2. The highest BCUT2D eigenvalue weighted by molar-refractivity contribution is 5.24. The van der Waals surface area contributed by atoms with Crippen LogP contribution in [0.15, 0.2) is 36.7 Å². The molecule has 0 amide bonds. The van der Waals surface area contributed by atoms with Crippen LogP contribution in [0.1, 0.15) is 77.5 Å². The van der Waals surface area contributed by atoms with Gasteiger partial charge in [-0.2, -0.15) is 0 Å². The Kier molecular flexibility index (Phi) is 8.75. The molecule has 0 saturated carbocycles. The molecule has 154 valence electrons. The lowest BCUT2D eigenvalue weighted by atomic mass is 9.93. The van der Waals surface area contributed by atoms with Crippen LogP contribution < -0.4 is 9.47 Å². The summed E-state index contributed by atoms with van der Waals surface area (Å²) in [6.45, 7) is 14.5. The molecule has 0 aliphatic carbocycles. The fraction of sp³-hybridized carbons (Fsp3) is 0.583. The van der Waals surface area contributed by atoms with Crippen LogP contribution in [-0.2, 0) is 0 Å². The van der Waals surface area contributed by atoms with Gasteiger partial charge < -0.3 is 9.47 Å². The second-order valence-corrected chi connectivity index (χ2v) is 8.60. The molecule has 0 aromatic carbocycles. The summed E-state index contributed by atoms with van der Waals surface area (Å²) >= 11 is 0. The zero-order valence-corrected chi connectivity index (χ0v) is 18.3. The number of ether oxygens (including phenoxy) is 2. The Hall–Kier alpha value is -2.10. The van der Waals surface area contributed by atoms with Crippen molar-refractivity contribution < 1.29 is 9.47 Å². The summed E-state index contributed by atoms with van der Waals surface area (Å²) in [6, 6.07) is 8.11. The SMILES string of the molecule is CC(C)COc1ccc(C(C)CCC(C)COc2ccnc(C(C)C)c2)cn1. The predicted molar refractivity (Wildman–Crippen MR) is 115 cm³/mol. The average Bonchev–Trinajstić information content (AvgIpc) is 2.69. The van der Waals surface area contributed by atoms with E-state index < -0.39 is 0 Å². The zero-order chi connectivity index (χ0) is 20.5. The van der Waals surface area contributed by atoms with Gasteiger partial charge in [-0.05, 0) is 48.1 Å². The molecule has 2 unspecified atom stereocenters. The fourth-order valence-corrected chi connectivity index (χ4v) is 2.88. The highest BCUT2D eigenvalue weighted by atomic mass is 16.5. The number of rotatable bonds is 11. The van der Waals surface area contributed by atoms with E-state index >= 15 is 0 Å². The molecule has 4 nitrogen and oxygen atoms in total. The number of aromatic nitrogens is 2. The minimum Gasteiger partial charge on any atom is -0.493 e. The van der Waals surface area contributed by atoms with Crippen LogP contribution in [0.3, 0.4) is 0 Å². The van der Waals surface area contributed by atoms with E-state index in [4.69, 9.17) is 9.47 Å². The Morgan fingerprint density at radius 3 is 2.29 bits per heavy atom. The van der Waals surface area contributed by atoms with Crippen molar-refractivity contribution in [2.45, 2.75) is 66.2 Å². The summed E-state index contributed by atoms with van der Waals surface area (Å²) in [6.07, 6.45) is 6.02. The Balaban J connectivity index is 1.75. The highest BCUT2D eigenvalue weighted by Gasteiger charge is 2.11. The molecule has 2 rings (SSSR count). The second-order valence-electron chi connectivity index (χ2n) is 8.60. The third-order valence-electron chi connectivity index (χ3n) is 4.86. The van der Waals surface area contributed by atoms with Gasteiger partial charge in [0.15, 0.2) is 0 Å². The van der Waals surface area contributed by atoms with E-state index in [1.807, 2.05) is 24.5 Å². The molecule has 0 aliphatic rings. The molecule has 0 N–H and O–H groups in total. The predicted octanol–water partition coefficient (Wildman–Crippen LogP) is 6.23. The molecule has 2 aromatic heterocycles. The molecule has 2 atom stereocenters. The molecular formula is C24H36N2O2. The van der Waals surface area contributed by atoms with Crippen LogP contribution in [0.4, 0.5) is 0 Å². The molecule has 0 fully saturated rings. The monoisotopic (exact) mass is 384 g/mol. The van der Waals surface area contributed by atoms with Crippen molar-refractivity contribution in [1.29, 1.82) is 0 Å². The van der Waals surface area contributed by atoms with Gasteiger partial charge in [0.2, 0.25) is 5.88 Å². The van der Waals surface area contributed by atoms with Crippen molar-refractivity contribution >= 4 is 0 Å². The first-order valence-corrected chi connectivity index (χ1v) is 10.5. The van der Waals surface area contributed by atoms with Crippen molar-refractivity contribution in [3.63, 3.8) is 0 Å². The van der Waals surface area contributed by atoms with Crippen LogP contribution in [0.5, 0.6) is 11.6 Å². The maximum absolute atomic E-state index is 5.99. The zero-order valence-electron chi connectivity index (χ0n) is 18.3. The number of pyridine rings is 2. The van der Waals surface area contributed by atoms with Crippen molar-refractivity contribution in [3.8, 4) is 11.6 Å². The van der Waals surface area contributed by atoms with Crippen molar-refractivity contribution in [2.75, 3.05) is 13.2 Å². The topological polar surface area (TPSA) is 44.2 Å². The summed E-state index contributed by atoms with van der Waals surface area (Å²) in [7, 11) is 0. The lowest BCUT2D eigenvalue weighted by molar-refractivity contribution is 0.247. The van der Waals surface area contributed by atoms with Crippen LogP contribution in [0.25, 0.3) is 0 Å². The fourth-order valence-electron chi connectivity index (χ4n) is 2.88. The largest absolute Gasteiger partial charge is 0.493 e. The van der Waals surface area contributed by atoms with Gasteiger partial charge in [-0.3, -0.25) is 4.98 Å². The van der Waals surface area contributed by atoms with Gasteiger partial charge in [0.25, 0.3) is 0 Å². The summed E-state index contributed by atoms with van der Waals surface area (Å²) in [5.41, 5.74) is 2.34. The maximum atomic E-state index is 5.99. The summed E-state index contributed by atoms with van der Waals surface area (Å²) in [5, 5.41) is 0. The molecule has 2 aromatic rings. The summed E-state index contributed by atoms with van der Waals surface area (Å²) < 4.78 is 11.7. The average molecular weight is 385 g/mol. The third-order valence-corrected chi connectivity index (χ3v) is 4.86. The van der Waals surface area contributed by atoms with E-state index in [0.29, 0.717) is 36.2 Å². The van der Waals surface area contributed by atoms with Gasteiger partial charge in [-0.1, -0.05) is 47.6 Å². The van der Waals surface area contributed by atoms with Gasteiger partial charge in [0, 0.05) is 30.2 Å². The normalized spacial score (nSPS) is 13.6. The quantitative estimate of drug-likeness (QED) is 0.460. The van der Waals surface area contributed by atoms with E-state index in [0.717, 1.165) is 30.9 Å². The van der Waals surface area contributed by atoms with Gasteiger partial charge in [0.1, 0.15) is 5.75 Å². The van der Waals surface area contributed by atoms with Gasteiger partial charge in [-0.25, -0.2) is 4.98 Å². The van der Waals surface area contributed by atoms with E-state index in [-0.39, 0.29) is 0 Å². The minimum atomic E-state index is 0.414. The van der Waals surface area contributed by atoms with Gasteiger partial charge in [-0.15, -0.1) is 0 Å². The van der Waals surface area contributed by atoms with Crippen LogP contribution in [-0.4, -0.2) is 23.2 Å². The summed E-state index contributed by atoms with van der Waals surface area (Å²) in [5.74, 6) is 3.53. The van der Waals surface area contributed by atoms with E-state index in [9.17, 15) is 0 Å². The van der Waals surface area contributed by atoms with Gasteiger partial charge >= 0.3 is 0 Å². The summed E-state index contributed by atoms with van der Waals surface area (Å²) in [4.78, 5) is 8.83. The molecule has 2 heterocycles. The number of hydrogen-bond donors (Lipinski definition) is 0. The molecule has 28 heavy (non-hydrogen) atoms. The van der Waals surface area contributed by atoms with E-state index in [1.165, 1.54) is 5.56 Å². The molecule has 0 saturated heterocycles. The van der Waals surface area contributed by atoms with Crippen molar-refractivity contribution in [2.24, 2.45) is 11.8 Å². The minimum absolute atomic E-state index is 0.414. The highest BCUT2D eigenvalue weighted by Crippen LogP contribution is 2.24. The lowest BCUT2D eigenvalue weighted by Crippen LogP contribution is -2.10. The van der Waals surface area contributed by atoms with Crippen LogP contribution in [0, 0.1) is 11.8 Å². The number of hydrogen-bond acceptors (Lipinski definition) is 4. The van der Waals surface area contributed by atoms with Gasteiger partial charge in [0.05, 0.1) is 13.2 Å². The van der Waals surface area contributed by atoms with E-state index in [1.54, 1.807) is 0 Å². The van der Waals surface area contributed by atoms with Crippen molar-refractivity contribution in [1.82, 2.24) is 9.97 Å². The Bertz CT molecular complexity index is 698. The Labute approximate surface area is 170 Å². The molecular weight excluding hydrogens is 348 g/mol. The maximum Gasteiger partial charge on any atom is 0.213 e. The van der Waals surface area contributed by atoms with Crippen LogP contribution >= 0.6 is 0 Å². The molecule has 0 bridgehead atoms. The number of nitrogens with zero attached hydrogens (tertiary/aromatic N) is 2. The molecule has 0 spiro atoms. The molecule has 4 heteroatoms. The first-order valence-electron chi connectivity index (χ1n) is 10.5. The standard InChI is InChI=1S/C24H36N2O2/c1-17(2)15-28-24-10-9-21(14-26-24)20(6)8-7-19(5)16-27-22-11-12-25-23(13-22)18(3)4/h9-14,17-20H,7-8,15-16H2,1-6H3. The molecule has 0 radical (unpaired) electrons. The molecule has 0 aliphatic heterocycles. The lowest BCUT2D eigenvalue weighted by Gasteiger charge is -2.17. The van der Waals surface area contributed by atoms with Crippen LogP contribution in [0.2, 0.25) is 0 Å². The second kappa shape index (κ2) is 11.0. The first-order chi connectivity index (χ1) is 13.3.